The lowest BCUT2D eigenvalue weighted by Gasteiger charge is -2.10. The van der Waals surface area contributed by atoms with Crippen LogP contribution in [0.1, 0.15) is 20.8 Å². The van der Waals surface area contributed by atoms with Crippen LogP contribution >= 0.6 is 22.9 Å². The van der Waals surface area contributed by atoms with Crippen LogP contribution < -0.4 is 4.90 Å². The molecule has 0 radical (unpaired) electrons. The number of nitrogens with zero attached hydrogens (tertiary/aromatic N) is 2. The molecule has 1 aromatic heterocycles. The molecule has 0 saturated carbocycles. The molecule has 0 fully saturated rings. The van der Waals surface area contributed by atoms with Crippen molar-refractivity contribution in [2.24, 2.45) is 0 Å². The van der Waals surface area contributed by atoms with E-state index in [0.717, 1.165) is 22.2 Å². The first kappa shape index (κ1) is 13.3. The molecule has 0 aliphatic rings. The number of rotatable bonds is 2. The molecule has 0 amide bonds. The molecule has 0 N–H and O–H groups in total. The van der Waals surface area contributed by atoms with Gasteiger partial charge in [0.2, 0.25) is 0 Å². The first-order valence-electron chi connectivity index (χ1n) is 5.48. The van der Waals surface area contributed by atoms with Crippen molar-refractivity contribution in [3.8, 4) is 0 Å². The van der Waals surface area contributed by atoms with Crippen LogP contribution in [-0.4, -0.2) is 18.6 Å². The highest BCUT2D eigenvalue weighted by molar-refractivity contribution is 7.22. The van der Waals surface area contributed by atoms with Gasteiger partial charge in [-0.25, -0.2) is 4.98 Å². The van der Waals surface area contributed by atoms with E-state index >= 15 is 0 Å². The van der Waals surface area contributed by atoms with Crippen LogP contribution in [0.3, 0.4) is 0 Å². The van der Waals surface area contributed by atoms with Gasteiger partial charge >= 0.3 is 0 Å². The first-order valence-corrected chi connectivity index (χ1v) is 6.67. The Morgan fingerprint density at radius 2 is 2.06 bits per heavy atom. The summed E-state index contributed by atoms with van der Waals surface area (Å²) in [6, 6.07) is 5.82. The van der Waals surface area contributed by atoms with Gasteiger partial charge in [0.1, 0.15) is 0 Å². The number of fused-ring (bicyclic) bond motifs is 1. The predicted molar refractivity (Wildman–Crippen MR) is 74.9 cm³/mol. The van der Waals surface area contributed by atoms with Crippen LogP contribution in [0.25, 0.3) is 10.2 Å². The quantitative estimate of drug-likeness (QED) is 0.790. The third-order valence-electron chi connectivity index (χ3n) is 2.14. The van der Waals surface area contributed by atoms with Gasteiger partial charge < -0.3 is 4.90 Å². The molecule has 4 heteroatoms. The summed E-state index contributed by atoms with van der Waals surface area (Å²) in [5.41, 5.74) is 0.984. The molecule has 2 aromatic rings. The zero-order valence-corrected chi connectivity index (χ0v) is 11.7. The summed E-state index contributed by atoms with van der Waals surface area (Å²) in [6.45, 7) is 7.08. The number of hydrogen-bond acceptors (Lipinski definition) is 3. The number of benzene rings is 1. The van der Waals surface area contributed by atoms with Crippen molar-refractivity contribution in [3.63, 3.8) is 0 Å². The fraction of sp³-hybridized carbons (Fsp3) is 0.417. The van der Waals surface area contributed by atoms with Crippen LogP contribution in [0.15, 0.2) is 18.2 Å². The van der Waals surface area contributed by atoms with Crippen molar-refractivity contribution in [1.82, 2.24) is 4.98 Å². The molecule has 0 saturated heterocycles. The van der Waals surface area contributed by atoms with Gasteiger partial charge in [0.25, 0.3) is 0 Å². The van der Waals surface area contributed by atoms with Crippen LogP contribution in [0.2, 0.25) is 5.02 Å². The van der Waals surface area contributed by atoms with E-state index in [4.69, 9.17) is 11.6 Å². The SMILES string of the molecule is CC.CCN(C)c1nc2cc(Cl)ccc2s1. The molecule has 2 rings (SSSR count). The Hall–Kier alpha value is -0.800. The minimum absolute atomic E-state index is 0.744. The van der Waals surface area contributed by atoms with Gasteiger partial charge in [0.15, 0.2) is 5.13 Å². The van der Waals surface area contributed by atoms with Crippen molar-refractivity contribution < 1.29 is 0 Å². The van der Waals surface area contributed by atoms with E-state index in [-0.39, 0.29) is 0 Å². The molecular weight excluding hydrogens is 240 g/mol. The minimum Gasteiger partial charge on any atom is -0.351 e. The molecule has 88 valence electrons. The molecule has 0 aliphatic carbocycles. The molecule has 0 bridgehead atoms. The van der Waals surface area contributed by atoms with Crippen molar-refractivity contribution in [2.45, 2.75) is 20.8 Å². The molecule has 2 nitrogen and oxygen atoms in total. The average molecular weight is 257 g/mol. The van der Waals surface area contributed by atoms with E-state index in [1.54, 1.807) is 11.3 Å². The second-order valence-corrected chi connectivity index (χ2v) is 4.57. The highest BCUT2D eigenvalue weighted by Crippen LogP contribution is 2.29. The standard InChI is InChI=1S/C10H11ClN2S.C2H6/c1-3-13(2)10-12-8-6-7(11)4-5-9(8)14-10;1-2/h4-6H,3H2,1-2H3;1-2H3. The number of anilines is 1. The van der Waals surface area contributed by atoms with Crippen molar-refractivity contribution in [3.05, 3.63) is 23.2 Å². The summed E-state index contributed by atoms with van der Waals surface area (Å²) in [5.74, 6) is 0. The molecule has 0 unspecified atom stereocenters. The minimum atomic E-state index is 0.744. The zero-order chi connectivity index (χ0) is 12.1. The van der Waals surface area contributed by atoms with E-state index in [0.29, 0.717) is 0 Å². The summed E-state index contributed by atoms with van der Waals surface area (Å²) in [5, 5.41) is 1.79. The molecule has 16 heavy (non-hydrogen) atoms. The van der Waals surface area contributed by atoms with Gasteiger partial charge in [-0.1, -0.05) is 36.8 Å². The van der Waals surface area contributed by atoms with E-state index in [1.807, 2.05) is 39.1 Å². The Kier molecular flexibility index (Phi) is 5.03. The lowest BCUT2D eigenvalue weighted by atomic mass is 10.3. The van der Waals surface area contributed by atoms with Gasteiger partial charge in [-0.2, -0.15) is 0 Å². The summed E-state index contributed by atoms with van der Waals surface area (Å²) in [4.78, 5) is 6.63. The molecule has 1 aromatic carbocycles. The Balaban J connectivity index is 0.000000606. The van der Waals surface area contributed by atoms with E-state index < -0.39 is 0 Å². The summed E-state index contributed by atoms with van der Waals surface area (Å²) in [7, 11) is 2.04. The predicted octanol–water partition coefficient (Wildman–Crippen LogP) is 4.43. The number of halogens is 1. The third-order valence-corrected chi connectivity index (χ3v) is 3.52. The van der Waals surface area contributed by atoms with Gasteiger partial charge in [0.05, 0.1) is 10.2 Å². The van der Waals surface area contributed by atoms with Crippen LogP contribution in [0.5, 0.6) is 0 Å². The fourth-order valence-corrected chi connectivity index (χ4v) is 2.32. The van der Waals surface area contributed by atoms with Crippen LogP contribution in [0, 0.1) is 0 Å². The summed E-state index contributed by atoms with van der Waals surface area (Å²) >= 11 is 7.59. The van der Waals surface area contributed by atoms with Crippen molar-refractivity contribution in [1.29, 1.82) is 0 Å². The molecular formula is C12H17ClN2S. The number of aromatic nitrogens is 1. The second kappa shape index (κ2) is 6.06. The Morgan fingerprint density at radius 1 is 1.38 bits per heavy atom. The maximum Gasteiger partial charge on any atom is 0.186 e. The van der Waals surface area contributed by atoms with E-state index in [9.17, 15) is 0 Å². The van der Waals surface area contributed by atoms with E-state index in [2.05, 4.69) is 16.8 Å². The van der Waals surface area contributed by atoms with E-state index in [1.165, 1.54) is 4.70 Å². The van der Waals surface area contributed by atoms with Crippen molar-refractivity contribution >= 4 is 38.3 Å². The smallest absolute Gasteiger partial charge is 0.186 e. The average Bonchev–Trinajstić information content (AvgIpc) is 2.73. The van der Waals surface area contributed by atoms with Gasteiger partial charge in [-0.15, -0.1) is 0 Å². The highest BCUT2D eigenvalue weighted by Gasteiger charge is 2.06. The Bertz CT molecular complexity index is 453. The summed E-state index contributed by atoms with van der Waals surface area (Å²) in [6.07, 6.45) is 0. The number of thiazole rings is 1. The molecule has 0 spiro atoms. The second-order valence-electron chi connectivity index (χ2n) is 3.12. The third kappa shape index (κ3) is 2.86. The molecule has 0 aliphatic heterocycles. The normalized spacial score (nSPS) is 9.81. The monoisotopic (exact) mass is 256 g/mol. The lowest BCUT2D eigenvalue weighted by Crippen LogP contribution is -2.14. The first-order chi connectivity index (χ1) is 7.70. The van der Waals surface area contributed by atoms with Crippen LogP contribution in [0.4, 0.5) is 5.13 Å². The van der Waals surface area contributed by atoms with Gasteiger partial charge in [-0.05, 0) is 25.1 Å². The van der Waals surface area contributed by atoms with Crippen molar-refractivity contribution in [2.75, 3.05) is 18.5 Å². The lowest BCUT2D eigenvalue weighted by molar-refractivity contribution is 0.961. The highest BCUT2D eigenvalue weighted by atomic mass is 35.5. The molecule has 1 heterocycles. The maximum absolute atomic E-state index is 5.89. The fourth-order valence-electron chi connectivity index (χ4n) is 1.19. The van der Waals surface area contributed by atoms with Gasteiger partial charge in [-0.3, -0.25) is 0 Å². The topological polar surface area (TPSA) is 16.1 Å². The zero-order valence-electron chi connectivity index (χ0n) is 10.1. The largest absolute Gasteiger partial charge is 0.351 e. The number of hydrogen-bond donors (Lipinski definition) is 0. The summed E-state index contributed by atoms with van der Waals surface area (Å²) < 4.78 is 1.18. The van der Waals surface area contributed by atoms with Gasteiger partial charge in [0, 0.05) is 18.6 Å². The Morgan fingerprint density at radius 3 is 2.69 bits per heavy atom. The van der Waals surface area contributed by atoms with Crippen LogP contribution in [-0.2, 0) is 0 Å². The molecule has 0 atom stereocenters. The Labute approximate surface area is 106 Å². The maximum atomic E-state index is 5.89.